The van der Waals surface area contributed by atoms with Gasteiger partial charge in [0.25, 0.3) is 5.56 Å². The lowest BCUT2D eigenvalue weighted by Gasteiger charge is -2.25. The Morgan fingerprint density at radius 1 is 1.15 bits per heavy atom. The number of hydrogen-bond acceptors (Lipinski definition) is 6. The number of esters is 1. The molecule has 3 aromatic rings. The quantitative estimate of drug-likeness (QED) is 0.486. The van der Waals surface area contributed by atoms with Crippen LogP contribution < -0.4 is 19.6 Å². The molecular formula is C27H28N2O4S. The number of carbonyl (C=O) groups excluding carboxylic acids is 1. The van der Waals surface area contributed by atoms with Crippen LogP contribution in [0.3, 0.4) is 0 Å². The molecule has 0 radical (unpaired) electrons. The molecule has 1 aromatic heterocycles. The van der Waals surface area contributed by atoms with Crippen molar-refractivity contribution in [2.75, 3.05) is 13.7 Å². The first-order valence-corrected chi connectivity index (χ1v) is 12.2. The number of ether oxygens (including phenoxy) is 2. The van der Waals surface area contributed by atoms with E-state index in [1.165, 1.54) is 18.4 Å². The summed E-state index contributed by atoms with van der Waals surface area (Å²) >= 11 is 1.32. The summed E-state index contributed by atoms with van der Waals surface area (Å²) in [4.78, 5) is 31.8. The molecule has 0 N–H and O–H groups in total. The van der Waals surface area contributed by atoms with Gasteiger partial charge in [0.1, 0.15) is 5.75 Å². The maximum Gasteiger partial charge on any atom is 0.338 e. The number of allylic oxidation sites excluding steroid dienone is 1. The van der Waals surface area contributed by atoms with Crippen LogP contribution in [0.5, 0.6) is 5.75 Å². The molecule has 1 atom stereocenters. The maximum absolute atomic E-state index is 13.7. The number of para-hydroxylation sites is 1. The molecule has 7 heteroatoms. The van der Waals surface area contributed by atoms with Crippen molar-refractivity contribution in [1.82, 2.24) is 4.57 Å². The Bertz CT molecular complexity index is 1400. The van der Waals surface area contributed by atoms with Crippen LogP contribution in [0.25, 0.3) is 6.08 Å². The third-order valence-electron chi connectivity index (χ3n) is 5.54. The third-order valence-corrected chi connectivity index (χ3v) is 6.53. The van der Waals surface area contributed by atoms with Gasteiger partial charge in [0.05, 0.1) is 35.6 Å². The van der Waals surface area contributed by atoms with Gasteiger partial charge in [-0.2, -0.15) is 0 Å². The second-order valence-corrected chi connectivity index (χ2v) is 9.45. The van der Waals surface area contributed by atoms with Gasteiger partial charge in [0, 0.05) is 5.56 Å². The molecule has 1 aliphatic heterocycles. The fourth-order valence-corrected chi connectivity index (χ4v) is 4.95. The van der Waals surface area contributed by atoms with E-state index in [0.29, 0.717) is 39.5 Å². The first-order valence-electron chi connectivity index (χ1n) is 11.3. The zero-order chi connectivity index (χ0) is 24.2. The molecule has 0 saturated heterocycles. The summed E-state index contributed by atoms with van der Waals surface area (Å²) in [5.74, 6) is 0.635. The van der Waals surface area contributed by atoms with Crippen LogP contribution >= 0.6 is 11.3 Å². The van der Waals surface area contributed by atoms with Crippen LogP contribution in [0.1, 0.15) is 44.4 Å². The van der Waals surface area contributed by atoms with Crippen molar-refractivity contribution in [2.24, 2.45) is 10.9 Å². The summed E-state index contributed by atoms with van der Waals surface area (Å²) in [6, 6.07) is 16.6. The van der Waals surface area contributed by atoms with E-state index in [1.807, 2.05) is 67.6 Å². The van der Waals surface area contributed by atoms with Gasteiger partial charge < -0.3 is 9.47 Å². The molecule has 0 spiro atoms. The highest BCUT2D eigenvalue weighted by molar-refractivity contribution is 7.07. The first kappa shape index (κ1) is 23.7. The fourth-order valence-electron chi connectivity index (χ4n) is 3.94. The van der Waals surface area contributed by atoms with E-state index in [0.717, 1.165) is 16.9 Å². The number of methoxy groups -OCH3 is 1. The van der Waals surface area contributed by atoms with Crippen LogP contribution in [0, 0.1) is 5.92 Å². The van der Waals surface area contributed by atoms with E-state index in [1.54, 1.807) is 4.57 Å². The Kier molecular flexibility index (Phi) is 7.12. The molecule has 2 heterocycles. The van der Waals surface area contributed by atoms with E-state index >= 15 is 0 Å². The SMILES string of the molecule is CCC1=C(C(=O)OC)[C@H](c2ccccc2)n2c(s/c(=C/c3ccccc3OCC(C)C)c2=O)=N1. The topological polar surface area (TPSA) is 69.9 Å². The second-order valence-electron chi connectivity index (χ2n) is 8.44. The minimum atomic E-state index is -0.602. The molecular weight excluding hydrogens is 448 g/mol. The van der Waals surface area contributed by atoms with Gasteiger partial charge in [-0.3, -0.25) is 9.36 Å². The fraction of sp³-hybridized carbons (Fsp3) is 0.296. The van der Waals surface area contributed by atoms with Crippen molar-refractivity contribution in [1.29, 1.82) is 0 Å². The average Bonchev–Trinajstić information content (AvgIpc) is 3.16. The zero-order valence-electron chi connectivity index (χ0n) is 19.8. The van der Waals surface area contributed by atoms with Crippen molar-refractivity contribution < 1.29 is 14.3 Å². The molecule has 0 aliphatic carbocycles. The number of hydrogen-bond donors (Lipinski definition) is 0. The molecule has 0 bridgehead atoms. The highest BCUT2D eigenvalue weighted by atomic mass is 32.1. The van der Waals surface area contributed by atoms with E-state index in [2.05, 4.69) is 13.8 Å². The normalized spacial score (nSPS) is 15.8. The van der Waals surface area contributed by atoms with Gasteiger partial charge >= 0.3 is 5.97 Å². The summed E-state index contributed by atoms with van der Waals surface area (Å²) in [5.41, 5.74) is 2.49. The largest absolute Gasteiger partial charge is 0.493 e. The van der Waals surface area contributed by atoms with Crippen LogP contribution in [-0.4, -0.2) is 24.3 Å². The van der Waals surface area contributed by atoms with Crippen LogP contribution in [-0.2, 0) is 9.53 Å². The Morgan fingerprint density at radius 2 is 1.85 bits per heavy atom. The van der Waals surface area contributed by atoms with Crippen LogP contribution in [0.2, 0.25) is 0 Å². The average molecular weight is 477 g/mol. The van der Waals surface area contributed by atoms with Crippen molar-refractivity contribution in [2.45, 2.75) is 33.2 Å². The molecule has 176 valence electrons. The molecule has 34 heavy (non-hydrogen) atoms. The number of fused-ring (bicyclic) bond motifs is 1. The number of thiazole rings is 1. The third kappa shape index (κ3) is 4.61. The van der Waals surface area contributed by atoms with Crippen LogP contribution in [0.15, 0.2) is 75.7 Å². The molecule has 6 nitrogen and oxygen atoms in total. The lowest BCUT2D eigenvalue weighted by Crippen LogP contribution is -2.40. The van der Waals surface area contributed by atoms with Gasteiger partial charge in [-0.25, -0.2) is 9.79 Å². The summed E-state index contributed by atoms with van der Waals surface area (Å²) in [7, 11) is 1.35. The number of benzene rings is 2. The number of carbonyl (C=O) groups is 1. The number of aromatic nitrogens is 1. The molecule has 0 amide bonds. The zero-order valence-corrected chi connectivity index (χ0v) is 20.6. The predicted octanol–water partition coefficient (Wildman–Crippen LogP) is 3.83. The lowest BCUT2D eigenvalue weighted by molar-refractivity contribution is -0.136. The molecule has 0 unspecified atom stereocenters. The molecule has 0 saturated carbocycles. The highest BCUT2D eigenvalue weighted by Gasteiger charge is 2.33. The molecule has 4 rings (SSSR count). The highest BCUT2D eigenvalue weighted by Crippen LogP contribution is 2.31. The number of rotatable bonds is 7. The Hall–Kier alpha value is -3.45. The monoisotopic (exact) mass is 476 g/mol. The van der Waals surface area contributed by atoms with Gasteiger partial charge in [0.15, 0.2) is 4.80 Å². The van der Waals surface area contributed by atoms with Crippen LogP contribution in [0.4, 0.5) is 0 Å². The summed E-state index contributed by atoms with van der Waals surface area (Å²) in [6.45, 7) is 6.71. The molecule has 1 aliphatic rings. The van der Waals surface area contributed by atoms with E-state index in [4.69, 9.17) is 14.5 Å². The van der Waals surface area contributed by atoms with Crippen molar-refractivity contribution >= 4 is 23.4 Å². The Morgan fingerprint density at radius 3 is 2.53 bits per heavy atom. The minimum absolute atomic E-state index is 0.201. The Balaban J connectivity index is 1.92. The van der Waals surface area contributed by atoms with Gasteiger partial charge in [0.2, 0.25) is 0 Å². The Labute approximate surface area is 202 Å². The van der Waals surface area contributed by atoms with E-state index in [-0.39, 0.29) is 5.56 Å². The summed E-state index contributed by atoms with van der Waals surface area (Å²) in [6.07, 6.45) is 2.39. The standard InChI is InChI=1S/C27H28N2O4S/c1-5-20-23(26(31)32-4)24(18-11-7-6-8-12-18)29-25(30)22(34-27(29)28-20)15-19-13-9-10-14-21(19)33-16-17(2)3/h6-15,17,24H,5,16H2,1-4H3/b22-15+/t24-/m0/s1. The van der Waals surface area contributed by atoms with E-state index < -0.39 is 12.0 Å². The first-order chi connectivity index (χ1) is 16.4. The molecule has 0 fully saturated rings. The molecule has 2 aromatic carbocycles. The maximum atomic E-state index is 13.7. The van der Waals surface area contributed by atoms with Crippen molar-refractivity contribution in [3.8, 4) is 5.75 Å². The van der Waals surface area contributed by atoms with Crippen molar-refractivity contribution in [3.05, 3.63) is 96.7 Å². The van der Waals surface area contributed by atoms with Crippen molar-refractivity contribution in [3.63, 3.8) is 0 Å². The smallest absolute Gasteiger partial charge is 0.338 e. The van der Waals surface area contributed by atoms with Gasteiger partial charge in [-0.15, -0.1) is 0 Å². The predicted molar refractivity (Wildman–Crippen MR) is 134 cm³/mol. The summed E-state index contributed by atoms with van der Waals surface area (Å²) < 4.78 is 13.2. The number of nitrogens with zero attached hydrogens (tertiary/aromatic N) is 2. The van der Waals surface area contributed by atoms with E-state index in [9.17, 15) is 9.59 Å². The second kappa shape index (κ2) is 10.2. The lowest BCUT2D eigenvalue weighted by atomic mass is 9.95. The summed E-state index contributed by atoms with van der Waals surface area (Å²) in [5, 5.41) is 0. The van der Waals surface area contributed by atoms with Gasteiger partial charge in [-0.05, 0) is 30.0 Å². The van der Waals surface area contributed by atoms with Gasteiger partial charge in [-0.1, -0.05) is 80.6 Å². The minimum Gasteiger partial charge on any atom is -0.493 e.